The third-order valence-corrected chi connectivity index (χ3v) is 2.95. The van der Waals surface area contributed by atoms with Crippen LogP contribution in [0.5, 0.6) is 0 Å². The van der Waals surface area contributed by atoms with Crippen molar-refractivity contribution in [3.8, 4) is 0 Å². The monoisotopic (exact) mass is 264 g/mol. The number of nitro groups is 1. The Morgan fingerprint density at radius 3 is 2.78 bits per heavy atom. The molecular weight excluding hydrogens is 256 g/mol. The van der Waals surface area contributed by atoms with Crippen molar-refractivity contribution in [3.05, 3.63) is 50.9 Å². The van der Waals surface area contributed by atoms with Gasteiger partial charge in [0, 0.05) is 23.2 Å². The van der Waals surface area contributed by atoms with Crippen molar-refractivity contribution in [3.63, 3.8) is 0 Å². The number of nitro benzene ring substituents is 1. The van der Waals surface area contributed by atoms with E-state index in [1.807, 2.05) is 0 Å². The molecule has 0 aliphatic heterocycles. The van der Waals surface area contributed by atoms with E-state index in [1.165, 1.54) is 36.2 Å². The van der Waals surface area contributed by atoms with E-state index in [1.54, 1.807) is 6.07 Å². The average molecular weight is 264 g/mol. The van der Waals surface area contributed by atoms with Gasteiger partial charge >= 0.3 is 0 Å². The molecule has 0 amide bonds. The van der Waals surface area contributed by atoms with Gasteiger partial charge < -0.3 is 10.7 Å². The largest absolute Gasteiger partial charge is 0.393 e. The van der Waals surface area contributed by atoms with Crippen molar-refractivity contribution in [1.82, 2.24) is 9.97 Å². The first-order valence-corrected chi connectivity index (χ1v) is 5.65. The normalized spacial score (nSPS) is 10.2. The van der Waals surface area contributed by atoms with Gasteiger partial charge in [0.25, 0.3) is 11.2 Å². The Morgan fingerprint density at radius 1 is 1.39 bits per heavy atom. The number of hydrogen-bond acceptors (Lipinski definition) is 6. The molecule has 1 aromatic heterocycles. The highest BCUT2D eigenvalue weighted by atomic mass is 32.2. The molecule has 0 unspecified atom stereocenters. The highest BCUT2D eigenvalue weighted by molar-refractivity contribution is 7.99. The molecule has 0 saturated carbocycles. The van der Waals surface area contributed by atoms with Crippen LogP contribution in [-0.2, 0) is 0 Å². The molecule has 7 nitrogen and oxygen atoms in total. The van der Waals surface area contributed by atoms with Crippen LogP contribution in [0.15, 0.2) is 45.3 Å². The molecule has 1 aromatic carbocycles. The molecule has 3 N–H and O–H groups in total. The minimum Gasteiger partial charge on any atom is -0.393 e. The van der Waals surface area contributed by atoms with Gasteiger partial charge in [-0.3, -0.25) is 14.9 Å². The molecule has 0 spiro atoms. The Hall–Kier alpha value is -2.35. The number of aromatic amines is 1. The van der Waals surface area contributed by atoms with Gasteiger partial charge in [-0.05, 0) is 12.1 Å². The third-order valence-electron chi connectivity index (χ3n) is 2.06. The van der Waals surface area contributed by atoms with Gasteiger partial charge in [-0.1, -0.05) is 11.8 Å². The van der Waals surface area contributed by atoms with Crippen LogP contribution in [0.1, 0.15) is 0 Å². The van der Waals surface area contributed by atoms with Crippen LogP contribution >= 0.6 is 11.8 Å². The first-order chi connectivity index (χ1) is 8.56. The molecule has 0 aliphatic rings. The predicted octanol–water partition coefficient (Wildman–Crippen LogP) is 1.41. The number of nitrogens with two attached hydrogens (primary N) is 1. The van der Waals surface area contributed by atoms with E-state index in [0.717, 1.165) is 0 Å². The van der Waals surface area contributed by atoms with Gasteiger partial charge in [0.15, 0.2) is 5.16 Å². The van der Waals surface area contributed by atoms with Crippen molar-refractivity contribution >= 4 is 23.1 Å². The van der Waals surface area contributed by atoms with E-state index in [-0.39, 0.29) is 16.9 Å². The van der Waals surface area contributed by atoms with Crippen LogP contribution in [-0.4, -0.2) is 14.9 Å². The second kappa shape index (κ2) is 4.88. The zero-order chi connectivity index (χ0) is 13.1. The fourth-order valence-corrected chi connectivity index (χ4v) is 2.09. The summed E-state index contributed by atoms with van der Waals surface area (Å²) in [7, 11) is 0. The zero-order valence-corrected chi connectivity index (χ0v) is 9.81. The van der Waals surface area contributed by atoms with Crippen molar-refractivity contribution in [1.29, 1.82) is 0 Å². The van der Waals surface area contributed by atoms with Crippen LogP contribution < -0.4 is 11.3 Å². The summed E-state index contributed by atoms with van der Waals surface area (Å²) in [4.78, 5) is 28.3. The number of aromatic nitrogens is 2. The van der Waals surface area contributed by atoms with Crippen LogP contribution in [0.25, 0.3) is 0 Å². The van der Waals surface area contributed by atoms with E-state index >= 15 is 0 Å². The number of nitrogens with zero attached hydrogens (tertiary/aromatic N) is 2. The SMILES string of the molecule is Nc1cc(Sc2nccc(=O)[nH]2)ccc1[N+](=O)[O-]. The smallest absolute Gasteiger partial charge is 0.292 e. The fourth-order valence-electron chi connectivity index (χ4n) is 1.28. The summed E-state index contributed by atoms with van der Waals surface area (Å²) in [5.41, 5.74) is 5.22. The summed E-state index contributed by atoms with van der Waals surface area (Å²) in [6, 6.07) is 5.63. The number of rotatable bonds is 3. The Morgan fingerprint density at radius 2 is 2.17 bits per heavy atom. The van der Waals surface area contributed by atoms with Gasteiger partial charge in [0.1, 0.15) is 5.69 Å². The molecule has 0 aliphatic carbocycles. The van der Waals surface area contributed by atoms with E-state index in [2.05, 4.69) is 9.97 Å². The number of nitrogen functional groups attached to an aromatic ring is 1. The lowest BCUT2D eigenvalue weighted by atomic mass is 10.3. The van der Waals surface area contributed by atoms with Crippen molar-refractivity contribution in [2.24, 2.45) is 0 Å². The fraction of sp³-hybridized carbons (Fsp3) is 0. The van der Waals surface area contributed by atoms with Crippen molar-refractivity contribution in [2.45, 2.75) is 10.1 Å². The van der Waals surface area contributed by atoms with Gasteiger partial charge in [0.2, 0.25) is 0 Å². The number of H-pyrrole nitrogens is 1. The number of anilines is 1. The molecule has 0 radical (unpaired) electrons. The standard InChI is InChI=1S/C10H8N4O3S/c11-7-5-6(1-2-8(7)14(16)17)18-10-12-4-3-9(15)13-10/h1-5H,11H2,(H,12,13,15). The van der Waals surface area contributed by atoms with E-state index in [0.29, 0.717) is 10.1 Å². The van der Waals surface area contributed by atoms with Crippen LogP contribution in [0.3, 0.4) is 0 Å². The maximum atomic E-state index is 11.1. The minimum atomic E-state index is -0.549. The molecule has 0 saturated heterocycles. The topological polar surface area (TPSA) is 115 Å². The number of hydrogen-bond donors (Lipinski definition) is 2. The molecule has 92 valence electrons. The van der Waals surface area contributed by atoms with Crippen LogP contribution in [0, 0.1) is 10.1 Å². The highest BCUT2D eigenvalue weighted by Gasteiger charge is 2.11. The average Bonchev–Trinajstić information content (AvgIpc) is 2.28. The molecule has 0 atom stereocenters. The van der Waals surface area contributed by atoms with E-state index in [9.17, 15) is 14.9 Å². The van der Waals surface area contributed by atoms with E-state index in [4.69, 9.17) is 5.73 Å². The molecule has 0 bridgehead atoms. The molecule has 2 aromatic rings. The number of nitrogens with one attached hydrogen (secondary N) is 1. The van der Waals surface area contributed by atoms with Gasteiger partial charge in [0.05, 0.1) is 4.92 Å². The lowest BCUT2D eigenvalue weighted by molar-refractivity contribution is -0.383. The minimum absolute atomic E-state index is 0.0725. The summed E-state index contributed by atoms with van der Waals surface area (Å²) in [5, 5.41) is 11.0. The first kappa shape index (κ1) is 12.1. The Bertz CT molecular complexity index is 656. The second-order valence-corrected chi connectivity index (χ2v) is 4.38. The lowest BCUT2D eigenvalue weighted by Crippen LogP contribution is -2.05. The third kappa shape index (κ3) is 2.66. The van der Waals surface area contributed by atoms with Crippen molar-refractivity contribution < 1.29 is 4.92 Å². The second-order valence-electron chi connectivity index (χ2n) is 3.32. The number of benzene rings is 1. The summed E-state index contributed by atoms with van der Waals surface area (Å²) >= 11 is 1.17. The van der Waals surface area contributed by atoms with Crippen LogP contribution in [0.2, 0.25) is 0 Å². The molecule has 0 fully saturated rings. The summed E-state index contributed by atoms with van der Waals surface area (Å²) in [6.45, 7) is 0. The highest BCUT2D eigenvalue weighted by Crippen LogP contribution is 2.30. The maximum Gasteiger partial charge on any atom is 0.292 e. The van der Waals surface area contributed by atoms with E-state index < -0.39 is 4.92 Å². The van der Waals surface area contributed by atoms with Gasteiger partial charge in [-0.15, -0.1) is 0 Å². The summed E-state index contributed by atoms with van der Waals surface area (Å²) in [6.07, 6.45) is 1.38. The Kier molecular flexibility index (Phi) is 3.28. The van der Waals surface area contributed by atoms with Crippen molar-refractivity contribution in [2.75, 3.05) is 5.73 Å². The molecule has 1 heterocycles. The Balaban J connectivity index is 2.28. The quantitative estimate of drug-likeness (QED) is 0.375. The van der Waals surface area contributed by atoms with Gasteiger partial charge in [-0.25, -0.2) is 4.98 Å². The summed E-state index contributed by atoms with van der Waals surface area (Å²) in [5.74, 6) is 0. The first-order valence-electron chi connectivity index (χ1n) is 4.83. The zero-order valence-electron chi connectivity index (χ0n) is 8.99. The molecular formula is C10H8N4O3S. The lowest BCUT2D eigenvalue weighted by Gasteiger charge is -2.02. The summed E-state index contributed by atoms with van der Waals surface area (Å²) < 4.78 is 0. The predicted molar refractivity (Wildman–Crippen MR) is 66.5 cm³/mol. The molecule has 18 heavy (non-hydrogen) atoms. The van der Waals surface area contributed by atoms with Gasteiger partial charge in [-0.2, -0.15) is 0 Å². The Labute approximate surface area is 105 Å². The van der Waals surface area contributed by atoms with Crippen LogP contribution in [0.4, 0.5) is 11.4 Å². The molecule has 8 heteroatoms. The molecule has 2 rings (SSSR count). The maximum absolute atomic E-state index is 11.1.